The number of hydrogen-bond donors (Lipinski definition) is 0. The van der Waals surface area contributed by atoms with Crippen LogP contribution >= 0.6 is 11.6 Å². The summed E-state index contributed by atoms with van der Waals surface area (Å²) in [6.45, 7) is 6.01. The van der Waals surface area contributed by atoms with Gasteiger partial charge in [-0.25, -0.2) is 4.79 Å². The van der Waals surface area contributed by atoms with Gasteiger partial charge in [0.15, 0.2) is 0 Å². The summed E-state index contributed by atoms with van der Waals surface area (Å²) in [4.78, 5) is 16.9. The fraction of sp³-hybridized carbons (Fsp3) is 0.238. The number of hydrogen-bond acceptors (Lipinski definition) is 3. The van der Waals surface area contributed by atoms with E-state index in [2.05, 4.69) is 30.8 Å². The van der Waals surface area contributed by atoms with Crippen LogP contribution in [0, 0.1) is 12.8 Å². The third kappa shape index (κ3) is 3.52. The Kier molecular flexibility index (Phi) is 5.05. The van der Waals surface area contributed by atoms with Gasteiger partial charge in [0.1, 0.15) is 0 Å². The molecule has 0 spiro atoms. The fourth-order valence-electron chi connectivity index (χ4n) is 3.17. The van der Waals surface area contributed by atoms with Crippen LogP contribution in [0.25, 0.3) is 0 Å². The highest BCUT2D eigenvalue weighted by atomic mass is 35.5. The van der Waals surface area contributed by atoms with Crippen molar-refractivity contribution in [3.63, 3.8) is 0 Å². The van der Waals surface area contributed by atoms with Gasteiger partial charge in [-0.05, 0) is 25.0 Å². The molecule has 0 unspecified atom stereocenters. The summed E-state index contributed by atoms with van der Waals surface area (Å²) in [5, 5.41) is 0.660. The molecule has 0 aromatic heterocycles. The average Bonchev–Trinajstić information content (AvgIpc) is 3.06. The molecular formula is C21H20ClNO2. The summed E-state index contributed by atoms with van der Waals surface area (Å²) in [6, 6.07) is 15.7. The number of ether oxygens (including phenoxy) is 1. The summed E-state index contributed by atoms with van der Waals surface area (Å²) in [6.07, 6.45) is 0.607. The van der Waals surface area contributed by atoms with Gasteiger partial charge in [0.25, 0.3) is 0 Å². The number of carbonyl (C=O) groups excluding carboxylic acids is 1. The number of halogens is 1. The second kappa shape index (κ2) is 7.24. The van der Waals surface area contributed by atoms with Crippen LogP contribution in [0.2, 0.25) is 5.02 Å². The molecule has 2 aromatic rings. The van der Waals surface area contributed by atoms with Crippen LogP contribution in [0.5, 0.6) is 0 Å². The van der Waals surface area contributed by atoms with Crippen molar-refractivity contribution in [1.29, 1.82) is 0 Å². The molecule has 2 atom stereocenters. The molecule has 0 bridgehead atoms. The zero-order valence-corrected chi connectivity index (χ0v) is 15.1. The first kappa shape index (κ1) is 17.4. The van der Waals surface area contributed by atoms with Crippen molar-refractivity contribution in [2.45, 2.75) is 19.4 Å². The first-order valence-corrected chi connectivity index (χ1v) is 8.54. The highest BCUT2D eigenvalue weighted by molar-refractivity contribution is 6.34. The molecule has 1 aliphatic heterocycles. The quantitative estimate of drug-likeness (QED) is 0.577. The molecule has 0 N–H and O–H groups in total. The molecule has 25 heavy (non-hydrogen) atoms. The van der Waals surface area contributed by atoms with Gasteiger partial charge in [0, 0.05) is 27.8 Å². The van der Waals surface area contributed by atoms with E-state index in [9.17, 15) is 4.79 Å². The molecule has 1 heterocycles. The number of benzene rings is 2. The Morgan fingerprint density at radius 3 is 2.52 bits per heavy atom. The zero-order valence-electron chi connectivity index (χ0n) is 14.3. The minimum atomic E-state index is -0.391. The highest BCUT2D eigenvalue weighted by Gasteiger charge is 2.36. The number of aliphatic imine (C=N–C) groups is 1. The van der Waals surface area contributed by atoms with Crippen LogP contribution in [0.4, 0.5) is 0 Å². The number of carbonyl (C=O) groups is 1. The predicted molar refractivity (Wildman–Crippen MR) is 101 cm³/mol. The minimum absolute atomic E-state index is 0.138. The van der Waals surface area contributed by atoms with Crippen LogP contribution in [-0.2, 0) is 9.53 Å². The summed E-state index contributed by atoms with van der Waals surface area (Å²) in [5.74, 6) is -0.529. The lowest BCUT2D eigenvalue weighted by Crippen LogP contribution is -2.17. The van der Waals surface area contributed by atoms with Gasteiger partial charge in [-0.3, -0.25) is 4.99 Å². The SMILES string of the molecule is C=C(C(=O)OC)[C@H]1CC(c2ccccc2Cl)=N[C@H]1c1ccc(C)cc1. The van der Waals surface area contributed by atoms with Crippen molar-refractivity contribution in [1.82, 2.24) is 0 Å². The second-order valence-electron chi connectivity index (χ2n) is 6.24. The summed E-state index contributed by atoms with van der Waals surface area (Å²) < 4.78 is 4.88. The minimum Gasteiger partial charge on any atom is -0.466 e. The Morgan fingerprint density at radius 2 is 1.88 bits per heavy atom. The maximum absolute atomic E-state index is 12.0. The third-order valence-electron chi connectivity index (χ3n) is 4.59. The molecule has 3 rings (SSSR count). The molecular weight excluding hydrogens is 334 g/mol. The Morgan fingerprint density at radius 1 is 1.20 bits per heavy atom. The normalized spacial score (nSPS) is 19.4. The molecule has 3 nitrogen and oxygen atoms in total. The van der Waals surface area contributed by atoms with E-state index in [0.29, 0.717) is 17.0 Å². The van der Waals surface area contributed by atoms with E-state index in [1.807, 2.05) is 31.2 Å². The number of esters is 1. The monoisotopic (exact) mass is 353 g/mol. The van der Waals surface area contributed by atoms with Crippen molar-refractivity contribution in [3.05, 3.63) is 82.4 Å². The largest absolute Gasteiger partial charge is 0.466 e. The summed E-state index contributed by atoms with van der Waals surface area (Å²) >= 11 is 6.34. The van der Waals surface area contributed by atoms with E-state index in [4.69, 9.17) is 21.3 Å². The molecule has 4 heteroatoms. The van der Waals surface area contributed by atoms with E-state index < -0.39 is 5.97 Å². The van der Waals surface area contributed by atoms with Gasteiger partial charge in [-0.1, -0.05) is 66.2 Å². The lowest BCUT2D eigenvalue weighted by Gasteiger charge is -2.19. The van der Waals surface area contributed by atoms with E-state index in [1.54, 1.807) is 0 Å². The molecule has 2 aromatic carbocycles. The Labute approximate surface area is 153 Å². The Hall–Kier alpha value is -2.39. The fourth-order valence-corrected chi connectivity index (χ4v) is 3.42. The van der Waals surface area contributed by atoms with Crippen LogP contribution < -0.4 is 0 Å². The zero-order chi connectivity index (χ0) is 18.0. The Bertz CT molecular complexity index is 839. The highest BCUT2D eigenvalue weighted by Crippen LogP contribution is 2.41. The number of rotatable bonds is 4. The molecule has 1 aliphatic rings. The van der Waals surface area contributed by atoms with Gasteiger partial charge in [-0.2, -0.15) is 0 Å². The molecule has 0 amide bonds. The van der Waals surface area contributed by atoms with Crippen LogP contribution in [0.1, 0.15) is 29.2 Å². The van der Waals surface area contributed by atoms with Crippen molar-refractivity contribution in [3.8, 4) is 0 Å². The van der Waals surface area contributed by atoms with E-state index in [1.165, 1.54) is 12.7 Å². The molecule has 128 valence electrons. The topological polar surface area (TPSA) is 38.7 Å². The van der Waals surface area contributed by atoms with Crippen LogP contribution in [0.15, 0.2) is 65.7 Å². The first-order valence-electron chi connectivity index (χ1n) is 8.16. The average molecular weight is 354 g/mol. The van der Waals surface area contributed by atoms with E-state index in [0.717, 1.165) is 16.8 Å². The van der Waals surface area contributed by atoms with Gasteiger partial charge in [0.05, 0.1) is 13.2 Å². The maximum Gasteiger partial charge on any atom is 0.333 e. The van der Waals surface area contributed by atoms with Gasteiger partial charge in [0.2, 0.25) is 0 Å². The second-order valence-corrected chi connectivity index (χ2v) is 6.65. The summed E-state index contributed by atoms with van der Waals surface area (Å²) in [7, 11) is 1.37. The number of aryl methyl sites for hydroxylation is 1. The van der Waals surface area contributed by atoms with Crippen molar-refractivity contribution in [2.24, 2.45) is 10.9 Å². The Balaban J connectivity index is 2.01. The van der Waals surface area contributed by atoms with Gasteiger partial charge >= 0.3 is 5.97 Å². The van der Waals surface area contributed by atoms with Crippen LogP contribution in [0.3, 0.4) is 0 Å². The standard InChI is InChI=1S/C21H20ClNO2/c1-13-8-10-15(11-9-13)20-17(14(2)21(24)25-3)12-19(23-20)16-6-4-5-7-18(16)22/h4-11,17,20H,2,12H2,1,3H3/t17-,20+/m1/s1. The molecule has 0 aliphatic carbocycles. The smallest absolute Gasteiger partial charge is 0.333 e. The van der Waals surface area contributed by atoms with Crippen molar-refractivity contribution < 1.29 is 9.53 Å². The maximum atomic E-state index is 12.0. The number of nitrogens with zero attached hydrogens (tertiary/aromatic N) is 1. The summed E-state index contributed by atoms with van der Waals surface area (Å²) in [5.41, 5.74) is 4.48. The van der Waals surface area contributed by atoms with Crippen LogP contribution in [-0.4, -0.2) is 18.8 Å². The molecule has 0 radical (unpaired) electrons. The lowest BCUT2D eigenvalue weighted by atomic mass is 9.86. The first-order chi connectivity index (χ1) is 12.0. The predicted octanol–water partition coefficient (Wildman–Crippen LogP) is 4.93. The molecule has 0 saturated heterocycles. The van der Waals surface area contributed by atoms with Crippen molar-refractivity contribution >= 4 is 23.3 Å². The van der Waals surface area contributed by atoms with Crippen molar-refractivity contribution in [2.75, 3.05) is 7.11 Å². The van der Waals surface area contributed by atoms with Gasteiger partial charge < -0.3 is 4.74 Å². The molecule has 0 fully saturated rings. The third-order valence-corrected chi connectivity index (χ3v) is 4.92. The van der Waals surface area contributed by atoms with E-state index in [-0.39, 0.29) is 12.0 Å². The lowest BCUT2D eigenvalue weighted by molar-refractivity contribution is -0.136. The molecule has 0 saturated carbocycles. The van der Waals surface area contributed by atoms with Gasteiger partial charge in [-0.15, -0.1) is 0 Å². The van der Waals surface area contributed by atoms with E-state index >= 15 is 0 Å². The number of methoxy groups -OCH3 is 1.